The molecular weight excluding hydrogens is 240 g/mol. The van der Waals surface area contributed by atoms with Crippen LogP contribution in [0.2, 0.25) is 0 Å². The van der Waals surface area contributed by atoms with Gasteiger partial charge in [0.15, 0.2) is 0 Å². The summed E-state index contributed by atoms with van der Waals surface area (Å²) in [6, 6.07) is 7.23. The van der Waals surface area contributed by atoms with Crippen molar-refractivity contribution in [3.63, 3.8) is 0 Å². The Morgan fingerprint density at radius 2 is 2.11 bits per heavy atom. The number of benzene rings is 1. The number of nitrogens with two attached hydrogens (primary N) is 1. The van der Waals surface area contributed by atoms with Crippen LogP contribution in [0, 0.1) is 6.92 Å². The summed E-state index contributed by atoms with van der Waals surface area (Å²) in [5.74, 6) is 1.20. The second-order valence-electron chi connectivity index (χ2n) is 4.90. The Morgan fingerprint density at radius 1 is 1.39 bits per heavy atom. The molecule has 1 rings (SSSR count). The maximum Gasteiger partial charge on any atom is 0.0236 e. The van der Waals surface area contributed by atoms with Crippen LogP contribution < -0.4 is 5.73 Å². The van der Waals surface area contributed by atoms with Crippen molar-refractivity contribution in [1.29, 1.82) is 0 Å². The molecule has 0 heterocycles. The van der Waals surface area contributed by atoms with Crippen molar-refractivity contribution in [1.82, 2.24) is 4.90 Å². The Balaban J connectivity index is 2.71. The van der Waals surface area contributed by atoms with Crippen LogP contribution in [0.4, 0.5) is 0 Å². The lowest BCUT2D eigenvalue weighted by Crippen LogP contribution is -2.32. The number of thioether (sulfide) groups is 1. The Bertz CT molecular complexity index is 366. The average molecular weight is 266 g/mol. The molecule has 2 N–H and O–H groups in total. The first kappa shape index (κ1) is 15.5. The summed E-state index contributed by atoms with van der Waals surface area (Å²) in [6.07, 6.45) is 3.38. The quantitative estimate of drug-likeness (QED) is 0.822. The topological polar surface area (TPSA) is 29.3 Å². The van der Waals surface area contributed by atoms with Crippen LogP contribution in [0.15, 0.2) is 18.2 Å². The molecule has 0 aromatic heterocycles. The van der Waals surface area contributed by atoms with Gasteiger partial charge in [0, 0.05) is 24.9 Å². The van der Waals surface area contributed by atoms with Gasteiger partial charge in [-0.1, -0.05) is 25.1 Å². The molecule has 102 valence electrons. The van der Waals surface area contributed by atoms with E-state index in [1.165, 1.54) is 28.9 Å². The van der Waals surface area contributed by atoms with Gasteiger partial charge in [-0.05, 0) is 43.3 Å². The van der Waals surface area contributed by atoms with Crippen LogP contribution >= 0.6 is 11.8 Å². The van der Waals surface area contributed by atoms with E-state index < -0.39 is 0 Å². The highest BCUT2D eigenvalue weighted by molar-refractivity contribution is 7.98. The minimum absolute atomic E-state index is 0.626. The summed E-state index contributed by atoms with van der Waals surface area (Å²) in [4.78, 5) is 2.46. The van der Waals surface area contributed by atoms with Crippen LogP contribution in [0.5, 0.6) is 0 Å². The normalized spacial score (nSPS) is 13.0. The van der Waals surface area contributed by atoms with Crippen molar-refractivity contribution in [2.75, 3.05) is 19.1 Å². The van der Waals surface area contributed by atoms with E-state index in [0.29, 0.717) is 12.6 Å². The van der Waals surface area contributed by atoms with Crippen molar-refractivity contribution < 1.29 is 0 Å². The summed E-state index contributed by atoms with van der Waals surface area (Å²) >= 11 is 1.93. The number of rotatable bonds is 7. The lowest BCUT2D eigenvalue weighted by molar-refractivity contribution is 0.247. The fourth-order valence-corrected chi connectivity index (χ4v) is 3.08. The van der Waals surface area contributed by atoms with Crippen molar-refractivity contribution in [3.8, 4) is 0 Å². The van der Waals surface area contributed by atoms with E-state index in [2.05, 4.69) is 50.2 Å². The molecule has 1 aromatic carbocycles. The van der Waals surface area contributed by atoms with E-state index in [-0.39, 0.29) is 0 Å². The third-order valence-electron chi connectivity index (χ3n) is 3.52. The van der Waals surface area contributed by atoms with E-state index in [9.17, 15) is 0 Å². The lowest BCUT2D eigenvalue weighted by atomic mass is 10.0. The summed E-state index contributed by atoms with van der Waals surface area (Å²) < 4.78 is 0. The van der Waals surface area contributed by atoms with Crippen molar-refractivity contribution in [3.05, 3.63) is 34.9 Å². The van der Waals surface area contributed by atoms with Crippen LogP contribution in [-0.4, -0.2) is 30.0 Å². The zero-order valence-corrected chi connectivity index (χ0v) is 12.9. The molecular formula is C15H26N2S. The zero-order valence-electron chi connectivity index (χ0n) is 12.1. The molecule has 0 bridgehead atoms. The summed E-state index contributed by atoms with van der Waals surface area (Å²) in [5.41, 5.74) is 9.65. The van der Waals surface area contributed by atoms with Gasteiger partial charge in [0.1, 0.15) is 0 Å². The second-order valence-corrected chi connectivity index (χ2v) is 5.81. The highest BCUT2D eigenvalue weighted by Gasteiger charge is 2.13. The number of hydrogen-bond acceptors (Lipinski definition) is 3. The molecule has 0 saturated heterocycles. The summed E-state index contributed by atoms with van der Waals surface area (Å²) in [7, 11) is 2.22. The van der Waals surface area contributed by atoms with Crippen LogP contribution in [-0.2, 0) is 13.1 Å². The van der Waals surface area contributed by atoms with E-state index >= 15 is 0 Å². The number of aryl methyl sites for hydroxylation is 1. The molecule has 0 aliphatic rings. The Labute approximate surface area is 116 Å². The van der Waals surface area contributed by atoms with Crippen LogP contribution in [0.25, 0.3) is 0 Å². The molecule has 3 heteroatoms. The third kappa shape index (κ3) is 4.30. The van der Waals surface area contributed by atoms with Gasteiger partial charge in [0.2, 0.25) is 0 Å². The molecule has 0 aliphatic carbocycles. The minimum Gasteiger partial charge on any atom is -0.326 e. The molecule has 0 amide bonds. The van der Waals surface area contributed by atoms with Gasteiger partial charge >= 0.3 is 0 Å². The second kappa shape index (κ2) is 7.82. The average Bonchev–Trinajstić information content (AvgIpc) is 2.38. The van der Waals surface area contributed by atoms with E-state index in [4.69, 9.17) is 5.73 Å². The van der Waals surface area contributed by atoms with Gasteiger partial charge in [-0.2, -0.15) is 11.8 Å². The Morgan fingerprint density at radius 3 is 2.61 bits per heavy atom. The number of nitrogens with zero attached hydrogens (tertiary/aromatic N) is 1. The SMILES string of the molecule is CCC(CSC)N(C)Cc1ccc(CN)cc1C. The minimum atomic E-state index is 0.626. The molecule has 1 aromatic rings. The molecule has 2 nitrogen and oxygen atoms in total. The molecule has 1 atom stereocenters. The van der Waals surface area contributed by atoms with Crippen molar-refractivity contribution >= 4 is 11.8 Å². The molecule has 0 radical (unpaired) electrons. The predicted molar refractivity (Wildman–Crippen MR) is 83.0 cm³/mol. The number of hydrogen-bond donors (Lipinski definition) is 1. The molecule has 18 heavy (non-hydrogen) atoms. The van der Waals surface area contributed by atoms with Crippen LogP contribution in [0.3, 0.4) is 0 Å². The first-order valence-electron chi connectivity index (χ1n) is 6.60. The van der Waals surface area contributed by atoms with E-state index in [1.807, 2.05) is 11.8 Å². The molecule has 0 aliphatic heterocycles. The van der Waals surface area contributed by atoms with Crippen molar-refractivity contribution in [2.45, 2.75) is 39.4 Å². The van der Waals surface area contributed by atoms with Gasteiger partial charge in [0.05, 0.1) is 0 Å². The van der Waals surface area contributed by atoms with Gasteiger partial charge in [-0.25, -0.2) is 0 Å². The fourth-order valence-electron chi connectivity index (χ4n) is 2.21. The maximum absolute atomic E-state index is 5.67. The Hall–Kier alpha value is -0.510. The lowest BCUT2D eigenvalue weighted by Gasteiger charge is -2.27. The van der Waals surface area contributed by atoms with E-state index in [0.717, 1.165) is 6.54 Å². The third-order valence-corrected chi connectivity index (χ3v) is 4.23. The predicted octanol–water partition coefficient (Wildman–Crippen LogP) is 3.03. The first-order valence-corrected chi connectivity index (χ1v) is 7.99. The van der Waals surface area contributed by atoms with Crippen LogP contribution in [0.1, 0.15) is 30.0 Å². The maximum atomic E-state index is 5.67. The van der Waals surface area contributed by atoms with Gasteiger partial charge in [-0.15, -0.1) is 0 Å². The smallest absolute Gasteiger partial charge is 0.0236 e. The Kier molecular flexibility index (Phi) is 6.76. The van der Waals surface area contributed by atoms with E-state index in [1.54, 1.807) is 0 Å². The van der Waals surface area contributed by atoms with Gasteiger partial charge in [-0.3, -0.25) is 4.90 Å². The fraction of sp³-hybridized carbons (Fsp3) is 0.600. The van der Waals surface area contributed by atoms with Gasteiger partial charge < -0.3 is 5.73 Å². The molecule has 0 spiro atoms. The standard InChI is InChI=1S/C15H26N2S/c1-5-15(11-18-4)17(3)10-14-7-6-13(9-16)8-12(14)2/h6-8,15H,5,9-11,16H2,1-4H3. The summed E-state index contributed by atoms with van der Waals surface area (Å²) in [5, 5.41) is 0. The summed E-state index contributed by atoms with van der Waals surface area (Å²) in [6.45, 7) is 6.09. The first-order chi connectivity index (χ1) is 8.62. The molecule has 0 fully saturated rings. The highest BCUT2D eigenvalue weighted by Crippen LogP contribution is 2.16. The zero-order chi connectivity index (χ0) is 13.5. The van der Waals surface area contributed by atoms with Gasteiger partial charge in [0.25, 0.3) is 0 Å². The molecule has 0 saturated carbocycles. The molecule has 1 unspecified atom stereocenters. The monoisotopic (exact) mass is 266 g/mol. The van der Waals surface area contributed by atoms with Crippen molar-refractivity contribution in [2.24, 2.45) is 5.73 Å². The highest BCUT2D eigenvalue weighted by atomic mass is 32.2. The largest absolute Gasteiger partial charge is 0.326 e.